The predicted octanol–water partition coefficient (Wildman–Crippen LogP) is 5.08. The van der Waals surface area contributed by atoms with E-state index in [4.69, 9.17) is 16.3 Å². The molecule has 168 valence electrons. The molecule has 1 spiro atoms. The molecule has 1 unspecified atom stereocenters. The summed E-state index contributed by atoms with van der Waals surface area (Å²) >= 11 is 7.74. The smallest absolute Gasteiger partial charge is 0.268 e. The van der Waals surface area contributed by atoms with Gasteiger partial charge in [0.25, 0.3) is 11.8 Å². The maximum atomic E-state index is 14.0. The Labute approximate surface area is 200 Å². The molecule has 3 aromatic rings. The highest BCUT2D eigenvalue weighted by Gasteiger charge is 2.59. The van der Waals surface area contributed by atoms with Crippen molar-refractivity contribution in [2.75, 3.05) is 24.3 Å². The third kappa shape index (κ3) is 3.56. The van der Waals surface area contributed by atoms with Crippen LogP contribution in [0.25, 0.3) is 0 Å². The molecule has 1 atom stereocenters. The van der Waals surface area contributed by atoms with E-state index in [0.717, 1.165) is 5.56 Å². The molecule has 2 heterocycles. The van der Waals surface area contributed by atoms with Crippen LogP contribution in [0.3, 0.4) is 0 Å². The number of halogens is 2. The highest BCUT2D eigenvalue weighted by atomic mass is 35.5. The average molecular weight is 483 g/mol. The third-order valence-corrected chi connectivity index (χ3v) is 7.60. The van der Waals surface area contributed by atoms with Crippen LogP contribution >= 0.6 is 23.4 Å². The molecule has 8 heteroatoms. The largest absolute Gasteiger partial charge is 0.497 e. The molecule has 33 heavy (non-hydrogen) atoms. The van der Waals surface area contributed by atoms with E-state index < -0.39 is 10.7 Å². The molecule has 5 rings (SSSR count). The number of carbonyl (C=O) groups excluding carboxylic acids is 2. The number of amides is 2. The lowest BCUT2D eigenvalue weighted by molar-refractivity contribution is -0.123. The van der Waals surface area contributed by atoms with Crippen molar-refractivity contribution in [3.63, 3.8) is 0 Å². The Hall–Kier alpha value is -3.03. The molecule has 0 N–H and O–H groups in total. The fraction of sp³-hybridized carbons (Fsp3) is 0.200. The van der Waals surface area contributed by atoms with E-state index in [1.807, 2.05) is 30.3 Å². The van der Waals surface area contributed by atoms with Crippen LogP contribution in [0.4, 0.5) is 10.1 Å². The molecular weight excluding hydrogens is 463 g/mol. The van der Waals surface area contributed by atoms with Gasteiger partial charge in [0.15, 0.2) is 4.87 Å². The van der Waals surface area contributed by atoms with Gasteiger partial charge in [0.05, 0.1) is 19.3 Å². The van der Waals surface area contributed by atoms with Gasteiger partial charge in [-0.25, -0.2) is 4.39 Å². The molecule has 5 nitrogen and oxygen atoms in total. The Morgan fingerprint density at radius 3 is 2.76 bits per heavy atom. The second-order valence-corrected chi connectivity index (χ2v) is 9.59. The minimum Gasteiger partial charge on any atom is -0.497 e. The minimum atomic E-state index is -1.25. The Balaban J connectivity index is 1.59. The van der Waals surface area contributed by atoms with Crippen molar-refractivity contribution in [2.45, 2.75) is 11.4 Å². The lowest BCUT2D eigenvalue weighted by Gasteiger charge is -2.33. The van der Waals surface area contributed by atoms with E-state index in [1.165, 1.54) is 30.0 Å². The van der Waals surface area contributed by atoms with Gasteiger partial charge in [-0.1, -0.05) is 29.8 Å². The summed E-state index contributed by atoms with van der Waals surface area (Å²) in [5.74, 6) is 0.175. The third-order valence-electron chi connectivity index (χ3n) is 5.95. The zero-order valence-electron chi connectivity index (χ0n) is 17.8. The number of thioether (sulfide) groups is 1. The second kappa shape index (κ2) is 8.39. The summed E-state index contributed by atoms with van der Waals surface area (Å²) in [6.45, 7) is 0.680. The summed E-state index contributed by atoms with van der Waals surface area (Å²) in [7, 11) is 1.59. The maximum absolute atomic E-state index is 14.0. The van der Waals surface area contributed by atoms with Crippen LogP contribution in [0.2, 0.25) is 5.02 Å². The first-order valence-corrected chi connectivity index (χ1v) is 11.8. The molecule has 3 aromatic carbocycles. The lowest BCUT2D eigenvalue weighted by Crippen LogP contribution is -2.50. The van der Waals surface area contributed by atoms with Crippen LogP contribution in [-0.2, 0) is 16.2 Å². The minimum absolute atomic E-state index is 0.208. The number of ether oxygens (including phenoxy) is 1. The number of fused-ring (bicyclic) bond motifs is 2. The van der Waals surface area contributed by atoms with E-state index in [9.17, 15) is 14.0 Å². The van der Waals surface area contributed by atoms with Gasteiger partial charge in [-0.15, -0.1) is 11.8 Å². The summed E-state index contributed by atoms with van der Waals surface area (Å²) in [5.41, 5.74) is 2.49. The lowest BCUT2D eigenvalue weighted by atomic mass is 10.0. The van der Waals surface area contributed by atoms with Crippen LogP contribution in [0.1, 0.15) is 21.5 Å². The summed E-state index contributed by atoms with van der Waals surface area (Å²) in [6.07, 6.45) is 0. The highest BCUT2D eigenvalue weighted by molar-refractivity contribution is 8.01. The van der Waals surface area contributed by atoms with Crippen molar-refractivity contribution in [2.24, 2.45) is 0 Å². The number of nitrogens with zero attached hydrogens (tertiary/aromatic N) is 2. The van der Waals surface area contributed by atoms with Crippen molar-refractivity contribution in [3.8, 4) is 5.75 Å². The number of rotatable bonds is 4. The molecule has 0 aromatic heterocycles. The van der Waals surface area contributed by atoms with E-state index in [1.54, 1.807) is 35.1 Å². The SMILES string of the molecule is COc1cccc(CN2C(=O)C3(SCCN3C(=O)c3cccc(F)c3)c3cc(Cl)ccc32)c1. The van der Waals surface area contributed by atoms with Crippen LogP contribution in [0.15, 0.2) is 66.7 Å². The molecule has 2 aliphatic rings. The normalized spacial score (nSPS) is 19.3. The molecular formula is C25H20ClFN2O3S. The zero-order valence-corrected chi connectivity index (χ0v) is 19.3. The van der Waals surface area contributed by atoms with Gasteiger partial charge in [0, 0.05) is 28.4 Å². The van der Waals surface area contributed by atoms with Crippen LogP contribution in [-0.4, -0.2) is 36.1 Å². The summed E-state index contributed by atoms with van der Waals surface area (Å²) in [6, 6.07) is 18.4. The van der Waals surface area contributed by atoms with E-state index in [-0.39, 0.29) is 17.4 Å². The first-order valence-electron chi connectivity index (χ1n) is 10.4. The van der Waals surface area contributed by atoms with Crippen molar-refractivity contribution in [1.82, 2.24) is 4.90 Å². The number of methoxy groups -OCH3 is 1. The van der Waals surface area contributed by atoms with Gasteiger partial charge < -0.3 is 14.5 Å². The Morgan fingerprint density at radius 1 is 1.15 bits per heavy atom. The number of hydrogen-bond donors (Lipinski definition) is 0. The van der Waals surface area contributed by atoms with E-state index >= 15 is 0 Å². The fourth-order valence-electron chi connectivity index (χ4n) is 4.48. The number of hydrogen-bond acceptors (Lipinski definition) is 4. The number of carbonyl (C=O) groups is 2. The highest BCUT2D eigenvalue weighted by Crippen LogP contribution is 2.55. The predicted molar refractivity (Wildman–Crippen MR) is 127 cm³/mol. The van der Waals surface area contributed by atoms with Crippen LogP contribution in [0.5, 0.6) is 5.75 Å². The van der Waals surface area contributed by atoms with Crippen LogP contribution < -0.4 is 9.64 Å². The molecule has 0 saturated carbocycles. The van der Waals surface area contributed by atoms with Crippen molar-refractivity contribution in [1.29, 1.82) is 0 Å². The Morgan fingerprint density at radius 2 is 1.97 bits per heavy atom. The quantitative estimate of drug-likeness (QED) is 0.520. The Kier molecular flexibility index (Phi) is 5.54. The van der Waals surface area contributed by atoms with Gasteiger partial charge in [-0.2, -0.15) is 0 Å². The van der Waals surface area contributed by atoms with Gasteiger partial charge in [0.1, 0.15) is 11.6 Å². The van der Waals surface area contributed by atoms with Gasteiger partial charge >= 0.3 is 0 Å². The average Bonchev–Trinajstić information content (AvgIpc) is 3.36. The first kappa shape index (κ1) is 21.8. The molecule has 1 saturated heterocycles. The van der Waals surface area contributed by atoms with Crippen molar-refractivity contribution < 1.29 is 18.7 Å². The molecule has 2 amide bonds. The molecule has 0 aliphatic carbocycles. The second-order valence-electron chi connectivity index (χ2n) is 7.86. The summed E-state index contributed by atoms with van der Waals surface area (Å²) in [4.78, 5) is 29.5. The molecule has 0 radical (unpaired) electrons. The maximum Gasteiger partial charge on any atom is 0.268 e. The standard InChI is InChI=1S/C25H20ClFN2O3S/c1-32-20-7-2-4-16(12-20)15-28-22-9-8-18(26)14-21(22)25(24(28)31)29(10-11-33-25)23(30)17-5-3-6-19(27)13-17/h2-9,12-14H,10-11,15H2,1H3. The fourth-order valence-corrected chi connectivity index (χ4v) is 6.10. The van der Waals surface area contributed by atoms with Crippen molar-refractivity contribution >= 4 is 40.9 Å². The monoisotopic (exact) mass is 482 g/mol. The molecule has 2 aliphatic heterocycles. The summed E-state index contributed by atoms with van der Waals surface area (Å²) < 4.78 is 19.2. The van der Waals surface area contributed by atoms with E-state index in [2.05, 4.69) is 0 Å². The number of benzene rings is 3. The van der Waals surface area contributed by atoms with Crippen LogP contribution in [0, 0.1) is 5.82 Å². The van der Waals surface area contributed by atoms with Gasteiger partial charge in [-0.3, -0.25) is 9.59 Å². The number of anilines is 1. The zero-order chi connectivity index (χ0) is 23.2. The summed E-state index contributed by atoms with van der Waals surface area (Å²) in [5, 5.41) is 0.481. The van der Waals surface area contributed by atoms with Gasteiger partial charge in [-0.05, 0) is 54.1 Å². The Bertz CT molecular complexity index is 1270. The molecule has 0 bridgehead atoms. The topological polar surface area (TPSA) is 49.9 Å². The van der Waals surface area contributed by atoms with Gasteiger partial charge in [0.2, 0.25) is 0 Å². The molecule has 1 fully saturated rings. The van der Waals surface area contributed by atoms with E-state index in [0.29, 0.717) is 40.9 Å². The first-order chi connectivity index (χ1) is 15.9. The van der Waals surface area contributed by atoms with Crippen molar-refractivity contribution in [3.05, 3.63) is 94.3 Å².